The number of fused-ring (bicyclic) bond motifs is 4. The van der Waals surface area contributed by atoms with Gasteiger partial charge >= 0.3 is 6.03 Å². The van der Waals surface area contributed by atoms with Crippen molar-refractivity contribution in [1.82, 2.24) is 4.90 Å². The van der Waals surface area contributed by atoms with E-state index in [2.05, 4.69) is 0 Å². The van der Waals surface area contributed by atoms with Crippen LogP contribution in [0.4, 0.5) is 4.79 Å². The van der Waals surface area contributed by atoms with E-state index in [1.165, 1.54) is 0 Å². The van der Waals surface area contributed by atoms with Crippen molar-refractivity contribution in [3.8, 4) is 34.1 Å². The van der Waals surface area contributed by atoms with Crippen LogP contribution in [0.1, 0.15) is 22.7 Å². The fourth-order valence-corrected chi connectivity index (χ4v) is 4.41. The molecule has 26 heavy (non-hydrogen) atoms. The third-order valence-corrected chi connectivity index (χ3v) is 5.48. The first-order valence-electron chi connectivity index (χ1n) is 8.50. The molecule has 1 unspecified atom stereocenters. The van der Waals surface area contributed by atoms with E-state index in [1.807, 2.05) is 12.1 Å². The number of hydrogen-bond acceptors (Lipinski definition) is 5. The summed E-state index contributed by atoms with van der Waals surface area (Å²) < 4.78 is 16.6. The van der Waals surface area contributed by atoms with Crippen LogP contribution in [0.2, 0.25) is 0 Å². The van der Waals surface area contributed by atoms with Crippen LogP contribution in [-0.2, 0) is 12.8 Å². The zero-order chi connectivity index (χ0) is 18.0. The molecule has 0 fully saturated rings. The van der Waals surface area contributed by atoms with Crippen LogP contribution in [0.5, 0.6) is 23.0 Å². The predicted octanol–water partition coefficient (Wildman–Crippen LogP) is 2.33. The Labute approximate surface area is 149 Å². The van der Waals surface area contributed by atoms with Crippen molar-refractivity contribution in [1.29, 1.82) is 0 Å². The van der Waals surface area contributed by atoms with Gasteiger partial charge in [-0.05, 0) is 41.7 Å². The number of phenols is 1. The van der Waals surface area contributed by atoms with Crippen LogP contribution in [-0.4, -0.2) is 36.5 Å². The minimum atomic E-state index is -0.445. The molecule has 2 heterocycles. The number of rotatable bonds is 1. The Kier molecular flexibility index (Phi) is 3.04. The number of benzene rings is 2. The molecule has 2 aliphatic heterocycles. The van der Waals surface area contributed by atoms with E-state index < -0.39 is 6.03 Å². The van der Waals surface area contributed by atoms with Gasteiger partial charge in [0.05, 0.1) is 13.2 Å². The highest BCUT2D eigenvalue weighted by atomic mass is 16.7. The Morgan fingerprint density at radius 3 is 2.88 bits per heavy atom. The molecule has 0 bridgehead atoms. The third kappa shape index (κ3) is 1.91. The molecule has 2 aromatic rings. The number of urea groups is 1. The summed E-state index contributed by atoms with van der Waals surface area (Å²) in [5.41, 5.74) is 10.1. The topological polar surface area (TPSA) is 94.2 Å². The molecule has 2 aromatic carbocycles. The Morgan fingerprint density at radius 2 is 2.12 bits per heavy atom. The zero-order valence-corrected chi connectivity index (χ0v) is 14.2. The highest BCUT2D eigenvalue weighted by molar-refractivity contribution is 5.88. The first kappa shape index (κ1) is 15.2. The first-order valence-corrected chi connectivity index (χ1v) is 8.50. The lowest BCUT2D eigenvalue weighted by atomic mass is 9.76. The standard InChI is InChI=1S/C19H18N2O5/c1-24-11-4-10-5-12-15-9(2-3-21(12)19(20)23)6-14-18(26-8-25-14)17(15)16(10)13(22)7-11/h4,6-7,12,22H,2-3,5,8H2,1H3,(H2,20,23). The lowest BCUT2D eigenvalue weighted by Gasteiger charge is -2.41. The second-order valence-electron chi connectivity index (χ2n) is 6.74. The smallest absolute Gasteiger partial charge is 0.315 e. The van der Waals surface area contributed by atoms with Crippen LogP contribution in [0.15, 0.2) is 18.2 Å². The Bertz CT molecular complexity index is 956. The quantitative estimate of drug-likeness (QED) is 0.820. The van der Waals surface area contributed by atoms with Crippen molar-refractivity contribution in [3.63, 3.8) is 0 Å². The molecule has 3 aliphatic rings. The molecule has 3 N–H and O–H groups in total. The van der Waals surface area contributed by atoms with Gasteiger partial charge < -0.3 is 30.0 Å². The van der Waals surface area contributed by atoms with Gasteiger partial charge in [-0.2, -0.15) is 0 Å². The summed E-state index contributed by atoms with van der Waals surface area (Å²) in [7, 11) is 1.56. The van der Waals surface area contributed by atoms with Crippen molar-refractivity contribution in [2.45, 2.75) is 18.9 Å². The molecule has 2 amide bonds. The number of carbonyl (C=O) groups excluding carboxylic acids is 1. The third-order valence-electron chi connectivity index (χ3n) is 5.48. The fourth-order valence-electron chi connectivity index (χ4n) is 4.41. The normalized spacial score (nSPS) is 19.0. The number of aromatic hydroxyl groups is 1. The molecule has 0 saturated heterocycles. The minimum absolute atomic E-state index is 0.125. The van der Waals surface area contributed by atoms with Gasteiger partial charge in [-0.1, -0.05) is 0 Å². The van der Waals surface area contributed by atoms with E-state index in [1.54, 1.807) is 18.1 Å². The number of carbonyl (C=O) groups is 1. The van der Waals surface area contributed by atoms with Crippen LogP contribution < -0.4 is 19.9 Å². The SMILES string of the molecule is COc1cc(O)c2c(c1)CC1c3c(cc4c(c3-2)OCO4)CCN1C(N)=O. The van der Waals surface area contributed by atoms with Gasteiger partial charge in [0.25, 0.3) is 0 Å². The number of primary amides is 1. The molecular formula is C19H18N2O5. The Morgan fingerprint density at radius 1 is 1.27 bits per heavy atom. The highest BCUT2D eigenvalue weighted by Crippen LogP contribution is 2.56. The van der Waals surface area contributed by atoms with E-state index in [0.717, 1.165) is 22.3 Å². The van der Waals surface area contributed by atoms with Crippen LogP contribution in [0.25, 0.3) is 11.1 Å². The molecular weight excluding hydrogens is 336 g/mol. The van der Waals surface area contributed by atoms with E-state index in [-0.39, 0.29) is 18.6 Å². The maximum Gasteiger partial charge on any atom is 0.315 e. The lowest BCUT2D eigenvalue weighted by molar-refractivity contribution is 0.173. The summed E-state index contributed by atoms with van der Waals surface area (Å²) in [6.45, 7) is 0.693. The van der Waals surface area contributed by atoms with Crippen molar-refractivity contribution in [2.24, 2.45) is 5.73 Å². The van der Waals surface area contributed by atoms with E-state index in [9.17, 15) is 9.90 Å². The monoisotopic (exact) mass is 354 g/mol. The molecule has 7 heteroatoms. The second-order valence-corrected chi connectivity index (χ2v) is 6.74. The number of hydrogen-bond donors (Lipinski definition) is 2. The largest absolute Gasteiger partial charge is 0.507 e. The molecule has 0 saturated carbocycles. The summed E-state index contributed by atoms with van der Waals surface area (Å²) in [4.78, 5) is 13.7. The minimum Gasteiger partial charge on any atom is -0.507 e. The van der Waals surface area contributed by atoms with Crippen molar-refractivity contribution in [2.75, 3.05) is 20.4 Å². The van der Waals surface area contributed by atoms with Crippen LogP contribution in [0.3, 0.4) is 0 Å². The van der Waals surface area contributed by atoms with E-state index in [4.69, 9.17) is 19.9 Å². The Hall–Kier alpha value is -3.09. The number of nitrogens with two attached hydrogens (primary N) is 1. The van der Waals surface area contributed by atoms with Gasteiger partial charge in [-0.3, -0.25) is 0 Å². The maximum absolute atomic E-state index is 12.0. The maximum atomic E-state index is 12.0. The lowest BCUT2D eigenvalue weighted by Crippen LogP contribution is -2.45. The van der Waals surface area contributed by atoms with Crippen molar-refractivity contribution >= 4 is 6.03 Å². The number of nitrogens with zero attached hydrogens (tertiary/aromatic N) is 1. The first-order chi connectivity index (χ1) is 12.6. The van der Waals surface area contributed by atoms with Crippen molar-refractivity contribution < 1.29 is 24.1 Å². The molecule has 0 radical (unpaired) electrons. The molecule has 0 aromatic heterocycles. The molecule has 0 spiro atoms. The van der Waals surface area contributed by atoms with Gasteiger partial charge in [0.1, 0.15) is 11.5 Å². The molecule has 5 rings (SSSR count). The molecule has 134 valence electrons. The van der Waals surface area contributed by atoms with Gasteiger partial charge in [-0.15, -0.1) is 0 Å². The van der Waals surface area contributed by atoms with Gasteiger partial charge in [0.15, 0.2) is 11.5 Å². The van der Waals surface area contributed by atoms with E-state index >= 15 is 0 Å². The fraction of sp³-hybridized carbons (Fsp3) is 0.316. The summed E-state index contributed by atoms with van der Waals surface area (Å²) in [5, 5.41) is 10.7. The van der Waals surface area contributed by atoms with Gasteiger partial charge in [0, 0.05) is 23.7 Å². The average Bonchev–Trinajstić information content (AvgIpc) is 3.09. The zero-order valence-electron chi connectivity index (χ0n) is 14.2. The average molecular weight is 354 g/mol. The number of amides is 2. The molecule has 1 atom stereocenters. The van der Waals surface area contributed by atoms with Crippen molar-refractivity contribution in [3.05, 3.63) is 34.9 Å². The number of methoxy groups -OCH3 is 1. The van der Waals surface area contributed by atoms with Gasteiger partial charge in [0.2, 0.25) is 6.79 Å². The second kappa shape index (κ2) is 5.20. The van der Waals surface area contributed by atoms with Gasteiger partial charge in [-0.25, -0.2) is 4.79 Å². The van der Waals surface area contributed by atoms with Crippen LogP contribution >= 0.6 is 0 Å². The predicted molar refractivity (Wildman–Crippen MR) is 92.7 cm³/mol. The molecule has 1 aliphatic carbocycles. The molecule has 7 nitrogen and oxygen atoms in total. The van der Waals surface area contributed by atoms with Crippen LogP contribution in [0, 0.1) is 0 Å². The van der Waals surface area contributed by atoms with E-state index in [0.29, 0.717) is 42.2 Å². The summed E-state index contributed by atoms with van der Waals surface area (Å²) >= 11 is 0. The summed E-state index contributed by atoms with van der Waals surface area (Å²) in [6, 6.07) is 4.83. The number of phenolic OH excluding ortho intramolecular Hbond substituents is 1. The summed E-state index contributed by atoms with van der Waals surface area (Å²) in [5.74, 6) is 1.98. The summed E-state index contributed by atoms with van der Waals surface area (Å²) in [6.07, 6.45) is 1.24. The number of ether oxygens (including phenoxy) is 3. The highest BCUT2D eigenvalue weighted by Gasteiger charge is 2.41. The Balaban J connectivity index is 1.84.